The van der Waals surface area contributed by atoms with Gasteiger partial charge in [-0.05, 0) is 18.4 Å². The minimum Gasteiger partial charge on any atom is -0.465 e. The van der Waals surface area contributed by atoms with Gasteiger partial charge in [-0.25, -0.2) is 4.79 Å². The van der Waals surface area contributed by atoms with Gasteiger partial charge in [0.25, 0.3) is 0 Å². The first-order valence-corrected chi connectivity index (χ1v) is 5.45. The van der Waals surface area contributed by atoms with E-state index in [1.165, 1.54) is 4.90 Å². The number of amides is 1. The molecule has 0 unspecified atom stereocenters. The number of benzene rings is 1. The van der Waals surface area contributed by atoms with Gasteiger partial charge in [0.1, 0.15) is 11.4 Å². The van der Waals surface area contributed by atoms with Gasteiger partial charge >= 0.3 is 6.09 Å². The molecular weight excluding hydrogens is 218 g/mol. The predicted molar refractivity (Wildman–Crippen MR) is 63.9 cm³/mol. The van der Waals surface area contributed by atoms with Crippen LogP contribution in [-0.4, -0.2) is 27.5 Å². The molecule has 0 bridgehead atoms. The van der Waals surface area contributed by atoms with Gasteiger partial charge in [-0.1, -0.05) is 30.3 Å². The van der Waals surface area contributed by atoms with Crippen LogP contribution >= 0.6 is 0 Å². The summed E-state index contributed by atoms with van der Waals surface area (Å²) in [5.74, 6) is -0.0594. The molecule has 0 heterocycles. The monoisotopic (exact) mass is 233 g/mol. The number of hydrogen-bond donors (Lipinski definition) is 3. The van der Waals surface area contributed by atoms with Crippen LogP contribution in [0.3, 0.4) is 0 Å². The molecule has 17 heavy (non-hydrogen) atoms. The zero-order valence-electron chi connectivity index (χ0n) is 9.39. The lowest BCUT2D eigenvalue weighted by Crippen LogP contribution is -2.48. The fourth-order valence-corrected chi connectivity index (χ4v) is 1.97. The average Bonchev–Trinajstić information content (AvgIpc) is 3.08. The lowest BCUT2D eigenvalue weighted by molar-refractivity contribution is 0.128. The number of amidine groups is 1. The zero-order chi connectivity index (χ0) is 12.5. The van der Waals surface area contributed by atoms with Crippen LogP contribution in [0.4, 0.5) is 4.79 Å². The van der Waals surface area contributed by atoms with Gasteiger partial charge in [0.2, 0.25) is 0 Å². The van der Waals surface area contributed by atoms with E-state index in [2.05, 4.69) is 0 Å². The zero-order valence-corrected chi connectivity index (χ0v) is 9.39. The average molecular weight is 233 g/mol. The van der Waals surface area contributed by atoms with Gasteiger partial charge in [0.05, 0.1) is 6.54 Å². The van der Waals surface area contributed by atoms with E-state index in [1.54, 1.807) is 0 Å². The molecule has 0 saturated heterocycles. The summed E-state index contributed by atoms with van der Waals surface area (Å²) in [6.45, 7) is 0.274. The molecule has 0 radical (unpaired) electrons. The standard InChI is InChI=1S/C12H15N3O2/c13-10(14)12(6-7-12)15(11(16)17)8-9-4-2-1-3-5-9/h1-5H,6-8H2,(H3,13,14)(H,16,17). The van der Waals surface area contributed by atoms with Crippen molar-refractivity contribution in [2.45, 2.75) is 24.9 Å². The Morgan fingerprint density at radius 3 is 2.41 bits per heavy atom. The Morgan fingerprint density at radius 2 is 2.00 bits per heavy atom. The maximum Gasteiger partial charge on any atom is 0.408 e. The fraction of sp³-hybridized carbons (Fsp3) is 0.333. The Labute approximate surface area is 99.4 Å². The quantitative estimate of drug-likeness (QED) is 0.545. The van der Waals surface area contributed by atoms with E-state index in [1.807, 2.05) is 30.3 Å². The molecule has 4 N–H and O–H groups in total. The minimum absolute atomic E-state index is 0.0594. The van der Waals surface area contributed by atoms with E-state index in [4.69, 9.17) is 11.1 Å². The Balaban J connectivity index is 2.20. The summed E-state index contributed by atoms with van der Waals surface area (Å²) < 4.78 is 0. The van der Waals surface area contributed by atoms with Crippen molar-refractivity contribution >= 4 is 11.9 Å². The number of carboxylic acid groups (broad SMARTS) is 1. The van der Waals surface area contributed by atoms with E-state index in [-0.39, 0.29) is 12.4 Å². The van der Waals surface area contributed by atoms with Gasteiger partial charge in [-0.15, -0.1) is 0 Å². The highest BCUT2D eigenvalue weighted by Crippen LogP contribution is 2.42. The smallest absolute Gasteiger partial charge is 0.408 e. The van der Waals surface area contributed by atoms with Crippen molar-refractivity contribution < 1.29 is 9.90 Å². The summed E-state index contributed by atoms with van der Waals surface area (Å²) >= 11 is 0. The number of nitrogens with zero attached hydrogens (tertiary/aromatic N) is 1. The molecule has 5 heteroatoms. The highest BCUT2D eigenvalue weighted by Gasteiger charge is 2.53. The molecule has 1 saturated carbocycles. The van der Waals surface area contributed by atoms with Crippen LogP contribution in [0.15, 0.2) is 30.3 Å². The van der Waals surface area contributed by atoms with Crippen molar-refractivity contribution in [3.05, 3.63) is 35.9 Å². The van der Waals surface area contributed by atoms with Crippen LogP contribution < -0.4 is 5.73 Å². The number of nitrogens with one attached hydrogen (secondary N) is 1. The van der Waals surface area contributed by atoms with Gasteiger partial charge in [0, 0.05) is 0 Å². The minimum atomic E-state index is -1.03. The maximum atomic E-state index is 11.3. The van der Waals surface area contributed by atoms with E-state index in [0.29, 0.717) is 12.8 Å². The summed E-state index contributed by atoms with van der Waals surface area (Å²) in [5, 5.41) is 16.8. The topological polar surface area (TPSA) is 90.4 Å². The van der Waals surface area contributed by atoms with E-state index in [0.717, 1.165) is 5.56 Å². The SMILES string of the molecule is N=C(N)C1(N(Cc2ccccc2)C(=O)O)CC1. The van der Waals surface area contributed by atoms with E-state index in [9.17, 15) is 9.90 Å². The van der Waals surface area contributed by atoms with Crippen LogP contribution in [0.25, 0.3) is 0 Å². The maximum absolute atomic E-state index is 11.3. The van der Waals surface area contributed by atoms with Crippen molar-refractivity contribution in [3.63, 3.8) is 0 Å². The number of nitrogens with two attached hydrogens (primary N) is 1. The molecule has 0 atom stereocenters. The highest BCUT2D eigenvalue weighted by molar-refractivity contribution is 5.93. The van der Waals surface area contributed by atoms with Crippen molar-refractivity contribution in [1.29, 1.82) is 5.41 Å². The summed E-state index contributed by atoms with van der Waals surface area (Å²) in [7, 11) is 0. The predicted octanol–water partition coefficient (Wildman–Crippen LogP) is 1.64. The summed E-state index contributed by atoms with van der Waals surface area (Å²) in [6.07, 6.45) is 0.254. The molecule has 90 valence electrons. The van der Waals surface area contributed by atoms with Crippen molar-refractivity contribution in [1.82, 2.24) is 4.90 Å². The molecule has 5 nitrogen and oxygen atoms in total. The first-order chi connectivity index (χ1) is 8.06. The first-order valence-electron chi connectivity index (χ1n) is 5.45. The van der Waals surface area contributed by atoms with Crippen molar-refractivity contribution in [2.24, 2.45) is 5.73 Å². The summed E-state index contributed by atoms with van der Waals surface area (Å²) in [4.78, 5) is 12.5. The molecule has 2 rings (SSSR count). The van der Waals surface area contributed by atoms with Gasteiger partial charge in [-0.2, -0.15) is 0 Å². The molecule has 1 aliphatic rings. The molecule has 1 aliphatic carbocycles. The Kier molecular flexibility index (Phi) is 2.75. The number of hydrogen-bond acceptors (Lipinski definition) is 2. The van der Waals surface area contributed by atoms with E-state index < -0.39 is 11.6 Å². The number of rotatable bonds is 4. The van der Waals surface area contributed by atoms with Crippen LogP contribution in [0, 0.1) is 5.41 Å². The van der Waals surface area contributed by atoms with Crippen molar-refractivity contribution in [2.75, 3.05) is 0 Å². The molecule has 1 aromatic rings. The van der Waals surface area contributed by atoms with E-state index >= 15 is 0 Å². The molecular formula is C12H15N3O2. The third-order valence-corrected chi connectivity index (χ3v) is 3.16. The fourth-order valence-electron chi connectivity index (χ4n) is 1.97. The molecule has 1 amide bonds. The van der Waals surface area contributed by atoms with Gasteiger partial charge < -0.3 is 10.8 Å². The lowest BCUT2D eigenvalue weighted by atomic mass is 10.1. The van der Waals surface area contributed by atoms with Gasteiger partial charge in [0.15, 0.2) is 0 Å². The normalized spacial score (nSPS) is 16.2. The third-order valence-electron chi connectivity index (χ3n) is 3.16. The second-order valence-corrected chi connectivity index (χ2v) is 4.30. The lowest BCUT2D eigenvalue weighted by Gasteiger charge is -2.28. The van der Waals surface area contributed by atoms with Crippen LogP contribution in [0.1, 0.15) is 18.4 Å². The second kappa shape index (κ2) is 4.08. The molecule has 0 aliphatic heterocycles. The molecule has 0 aromatic heterocycles. The molecule has 1 aromatic carbocycles. The first kappa shape index (κ1) is 11.4. The summed E-state index contributed by atoms with van der Waals surface area (Å²) in [5.41, 5.74) is 5.65. The van der Waals surface area contributed by atoms with Gasteiger partial charge in [-0.3, -0.25) is 10.3 Å². The van der Waals surface area contributed by atoms with Crippen LogP contribution in [0.5, 0.6) is 0 Å². The highest BCUT2D eigenvalue weighted by atomic mass is 16.4. The third kappa shape index (κ3) is 2.08. The Morgan fingerprint density at radius 1 is 1.41 bits per heavy atom. The summed E-state index contributed by atoms with van der Waals surface area (Å²) in [6, 6.07) is 9.34. The Hall–Kier alpha value is -2.04. The number of carbonyl (C=O) groups is 1. The van der Waals surface area contributed by atoms with Crippen LogP contribution in [0.2, 0.25) is 0 Å². The van der Waals surface area contributed by atoms with Crippen LogP contribution in [-0.2, 0) is 6.54 Å². The Bertz CT molecular complexity index is 440. The van der Waals surface area contributed by atoms with Crippen molar-refractivity contribution in [3.8, 4) is 0 Å². The molecule has 0 spiro atoms. The second-order valence-electron chi connectivity index (χ2n) is 4.30. The molecule has 1 fully saturated rings. The largest absolute Gasteiger partial charge is 0.465 e.